The van der Waals surface area contributed by atoms with Crippen LogP contribution in [0.25, 0.3) is 0 Å². The molecule has 3 rings (SSSR count). The summed E-state index contributed by atoms with van der Waals surface area (Å²) >= 11 is 3.19. The van der Waals surface area contributed by atoms with Crippen molar-refractivity contribution in [2.45, 2.75) is 60.5 Å². The second kappa shape index (κ2) is 9.68. The van der Waals surface area contributed by atoms with Crippen LogP contribution in [0.1, 0.15) is 38.3 Å². The van der Waals surface area contributed by atoms with Crippen LogP contribution in [0.3, 0.4) is 0 Å². The van der Waals surface area contributed by atoms with Gasteiger partial charge in [0.25, 0.3) is 0 Å². The molecule has 0 saturated carbocycles. The molecule has 5 nitrogen and oxygen atoms in total. The van der Waals surface area contributed by atoms with E-state index in [4.69, 9.17) is 4.74 Å². The van der Waals surface area contributed by atoms with Crippen LogP contribution < -0.4 is 0 Å². The van der Waals surface area contributed by atoms with Crippen molar-refractivity contribution in [1.29, 1.82) is 0 Å². The van der Waals surface area contributed by atoms with E-state index >= 15 is 0 Å². The minimum absolute atomic E-state index is 0.134. The molecule has 1 aliphatic rings. The highest BCUT2D eigenvalue weighted by Crippen LogP contribution is 2.53. The molecule has 0 N–H and O–H groups in total. The van der Waals surface area contributed by atoms with Crippen LogP contribution >= 0.6 is 15.9 Å². The van der Waals surface area contributed by atoms with Crippen LogP contribution in [0.2, 0.25) is 0 Å². The van der Waals surface area contributed by atoms with Crippen LogP contribution in [-0.2, 0) is 25.0 Å². The Kier molecular flexibility index (Phi) is 7.70. The second-order valence-corrected chi connectivity index (χ2v) is 13.0. The highest BCUT2D eigenvalue weighted by atomic mass is 79.9. The Hall–Kier alpha value is -2.35. The molecule has 1 unspecified atom stereocenters. The fraction of sp³-hybridized carbons (Fsp3) is 0.458. The van der Waals surface area contributed by atoms with Crippen molar-refractivity contribution in [2.24, 2.45) is 0 Å². The fourth-order valence-corrected chi connectivity index (χ4v) is 6.55. The lowest BCUT2D eigenvalue weighted by Crippen LogP contribution is -2.50. The van der Waals surface area contributed by atoms with Gasteiger partial charge in [0.05, 0.1) is 4.90 Å². The smallest absolute Gasteiger partial charge is 0.435 e. The summed E-state index contributed by atoms with van der Waals surface area (Å²) in [6.07, 6.45) is -13.7. The molecule has 0 bridgehead atoms. The summed E-state index contributed by atoms with van der Waals surface area (Å²) in [6, 6.07) is 7.39. The monoisotopic (exact) mass is 633 g/mol. The van der Waals surface area contributed by atoms with Gasteiger partial charge in [-0.15, -0.1) is 0 Å². The number of benzene rings is 2. The molecule has 1 aliphatic heterocycles. The van der Waals surface area contributed by atoms with Gasteiger partial charge in [0, 0.05) is 23.1 Å². The van der Waals surface area contributed by atoms with Gasteiger partial charge in [0.15, 0.2) is 9.84 Å². The Morgan fingerprint density at radius 1 is 0.895 bits per heavy atom. The van der Waals surface area contributed by atoms with E-state index in [2.05, 4.69) is 15.9 Å². The first-order valence-electron chi connectivity index (χ1n) is 11.1. The number of hydrogen-bond donors (Lipinski definition) is 0. The molecule has 0 aliphatic carbocycles. The van der Waals surface area contributed by atoms with Gasteiger partial charge in [0.1, 0.15) is 10.3 Å². The van der Waals surface area contributed by atoms with Gasteiger partial charge < -0.3 is 9.64 Å². The molecular weight excluding hydrogens is 611 g/mol. The van der Waals surface area contributed by atoms with Gasteiger partial charge in [-0.2, -0.15) is 26.3 Å². The largest absolute Gasteiger partial charge is 0.444 e. The average Bonchev–Trinajstić information content (AvgIpc) is 3.24. The van der Waals surface area contributed by atoms with Gasteiger partial charge >= 0.3 is 24.1 Å². The highest BCUT2D eigenvalue weighted by Gasteiger charge is 2.73. The number of carbonyl (C=O) groups is 1. The first kappa shape index (κ1) is 30.2. The summed E-state index contributed by atoms with van der Waals surface area (Å²) in [5.41, 5.74) is -8.55. The van der Waals surface area contributed by atoms with Gasteiger partial charge in [0.2, 0.25) is 0 Å². The minimum Gasteiger partial charge on any atom is -0.444 e. The quantitative estimate of drug-likeness (QED) is 0.339. The molecule has 210 valence electrons. The van der Waals surface area contributed by atoms with Crippen molar-refractivity contribution in [3.63, 3.8) is 0 Å². The summed E-state index contributed by atoms with van der Waals surface area (Å²) in [5, 5.41) is 0. The van der Waals surface area contributed by atoms with Crippen LogP contribution in [0.15, 0.2) is 57.9 Å². The van der Waals surface area contributed by atoms with Crippen molar-refractivity contribution >= 4 is 31.9 Å². The number of likely N-dealkylation sites (tertiary alicyclic amines) is 1. The molecular formula is C24H23BrF7NO4S. The third-order valence-corrected chi connectivity index (χ3v) is 9.13. The van der Waals surface area contributed by atoms with Crippen molar-refractivity contribution in [2.75, 3.05) is 13.1 Å². The molecule has 14 heteroatoms. The number of amides is 1. The average molecular weight is 634 g/mol. The number of rotatable bonds is 4. The van der Waals surface area contributed by atoms with Crippen molar-refractivity contribution in [3.05, 3.63) is 64.1 Å². The molecule has 2 aromatic carbocycles. The van der Waals surface area contributed by atoms with E-state index in [1.54, 1.807) is 20.8 Å². The molecule has 1 amide bonds. The second-order valence-electron chi connectivity index (χ2n) is 9.83. The third kappa shape index (κ3) is 5.25. The van der Waals surface area contributed by atoms with Crippen molar-refractivity contribution in [3.8, 4) is 0 Å². The maximum absolute atomic E-state index is 14.6. The number of carbonyl (C=O) groups excluding carboxylic acids is 1. The summed E-state index contributed by atoms with van der Waals surface area (Å²) in [5.74, 6) is 0. The van der Waals surface area contributed by atoms with E-state index in [1.807, 2.05) is 0 Å². The van der Waals surface area contributed by atoms with E-state index in [-0.39, 0.29) is 35.6 Å². The molecule has 2 aromatic rings. The topological polar surface area (TPSA) is 63.7 Å². The molecule has 1 saturated heterocycles. The van der Waals surface area contributed by atoms with Gasteiger partial charge in [-0.05, 0) is 57.0 Å². The molecule has 1 atom stereocenters. The third-order valence-electron chi connectivity index (χ3n) is 6.11. The zero-order valence-corrected chi connectivity index (χ0v) is 22.7. The number of halogens is 8. The first-order valence-corrected chi connectivity index (χ1v) is 13.3. The zero-order valence-electron chi connectivity index (χ0n) is 20.3. The number of alkyl halides is 7. The van der Waals surface area contributed by atoms with Gasteiger partial charge in [-0.1, -0.05) is 40.2 Å². The summed E-state index contributed by atoms with van der Waals surface area (Å²) in [7, 11) is -4.39. The van der Waals surface area contributed by atoms with Crippen molar-refractivity contribution in [1.82, 2.24) is 4.90 Å². The Morgan fingerprint density at radius 3 is 1.84 bits per heavy atom. The number of sulfone groups is 1. The Balaban J connectivity index is 2.15. The first-order chi connectivity index (χ1) is 17.2. The molecule has 1 heterocycles. The molecule has 0 radical (unpaired) electrons. The van der Waals surface area contributed by atoms with E-state index in [0.717, 1.165) is 17.0 Å². The van der Waals surface area contributed by atoms with Crippen LogP contribution in [0, 0.1) is 0 Å². The summed E-state index contributed by atoms with van der Waals surface area (Å²) < 4.78 is 126. The van der Waals surface area contributed by atoms with Crippen LogP contribution in [0.5, 0.6) is 0 Å². The maximum Gasteiger partial charge on any atom is 0.435 e. The molecule has 0 spiro atoms. The number of ether oxygens (including phenoxy) is 1. The summed E-state index contributed by atoms with van der Waals surface area (Å²) in [4.78, 5) is 13.6. The molecule has 0 aromatic heterocycles. The maximum atomic E-state index is 14.6. The van der Waals surface area contributed by atoms with Crippen LogP contribution in [-0.4, -0.2) is 50.5 Å². The lowest BCUT2D eigenvalue weighted by atomic mass is 9.90. The predicted molar refractivity (Wildman–Crippen MR) is 127 cm³/mol. The van der Waals surface area contributed by atoms with Gasteiger partial charge in [-0.25, -0.2) is 17.6 Å². The SMILES string of the molecule is CC(C)(C)OC(=O)N1CCC(c2ccc(C(F)(C(F)(F)F)C(F)(F)F)cc2)(S(=O)(=O)c2ccc(Br)cc2)C1. The summed E-state index contributed by atoms with van der Waals surface area (Å²) in [6.45, 7) is 4.14. The molecule has 1 fully saturated rings. The Labute approximate surface area is 223 Å². The Bertz CT molecular complexity index is 1270. The van der Waals surface area contributed by atoms with Crippen molar-refractivity contribution < 1.29 is 48.7 Å². The van der Waals surface area contributed by atoms with E-state index in [9.17, 15) is 43.9 Å². The number of nitrogens with zero attached hydrogens (tertiary/aromatic N) is 1. The Morgan fingerprint density at radius 2 is 1.39 bits per heavy atom. The normalized spacial score (nSPS) is 19.5. The lowest BCUT2D eigenvalue weighted by Gasteiger charge is -2.32. The highest BCUT2D eigenvalue weighted by molar-refractivity contribution is 9.10. The fourth-order valence-electron chi connectivity index (χ4n) is 4.21. The minimum atomic E-state index is -6.32. The van der Waals surface area contributed by atoms with E-state index < -0.39 is 56.4 Å². The van der Waals surface area contributed by atoms with Gasteiger partial charge in [-0.3, -0.25) is 0 Å². The predicted octanol–water partition coefficient (Wildman–Crippen LogP) is 7.05. The lowest BCUT2D eigenvalue weighted by molar-refractivity contribution is -0.348. The molecule has 38 heavy (non-hydrogen) atoms. The van der Waals surface area contributed by atoms with E-state index in [1.165, 1.54) is 24.3 Å². The standard InChI is InChI=1S/C24H23BrF7NO4S/c1-20(2,3)37-19(34)33-13-12-21(14-33,38(35,36)18-10-8-17(25)9-11-18)15-4-6-16(7-5-15)22(26,23(27,28)29)24(30,31)32/h4-11H,12-14H2,1-3H3. The number of hydrogen-bond acceptors (Lipinski definition) is 4. The van der Waals surface area contributed by atoms with E-state index in [0.29, 0.717) is 4.47 Å². The van der Waals surface area contributed by atoms with Crippen LogP contribution in [0.4, 0.5) is 35.5 Å². The zero-order chi connectivity index (χ0) is 28.9.